The van der Waals surface area contributed by atoms with E-state index in [1.807, 2.05) is 13.8 Å². The molecule has 2 heterocycles. The van der Waals surface area contributed by atoms with Crippen LogP contribution in [0.15, 0.2) is 36.5 Å². The Hall–Kier alpha value is -3.10. The van der Waals surface area contributed by atoms with Crippen molar-refractivity contribution in [1.82, 2.24) is 14.8 Å². The molecular weight excluding hydrogens is 385 g/mol. The average molecular weight is 404 g/mol. The van der Waals surface area contributed by atoms with E-state index in [1.165, 1.54) is 12.1 Å². The first-order valence-electron chi connectivity index (χ1n) is 9.26. The van der Waals surface area contributed by atoms with E-state index in [-0.39, 0.29) is 17.7 Å². The van der Waals surface area contributed by atoms with Crippen LogP contribution >= 0.6 is 0 Å². The lowest BCUT2D eigenvalue weighted by molar-refractivity contribution is -0.274. The molecule has 4 rings (SSSR count). The molecule has 1 aliphatic rings. The van der Waals surface area contributed by atoms with Gasteiger partial charge in [0.25, 0.3) is 5.91 Å². The van der Waals surface area contributed by atoms with Gasteiger partial charge in [-0.3, -0.25) is 4.79 Å². The normalized spacial score (nSPS) is 14.4. The van der Waals surface area contributed by atoms with Crippen molar-refractivity contribution in [3.05, 3.63) is 47.8 Å². The van der Waals surface area contributed by atoms with Crippen LogP contribution in [0.5, 0.6) is 5.75 Å². The summed E-state index contributed by atoms with van der Waals surface area (Å²) in [5.41, 5.74) is 2.32. The molecule has 9 heteroatoms. The number of fused-ring (bicyclic) bond motifs is 1. The predicted molar refractivity (Wildman–Crippen MR) is 101 cm³/mol. The summed E-state index contributed by atoms with van der Waals surface area (Å²) in [6.45, 7) is 3.98. The number of anilines is 1. The minimum Gasteiger partial charge on any atom is -0.406 e. The van der Waals surface area contributed by atoms with Crippen LogP contribution in [0, 0.1) is 0 Å². The molecule has 0 aliphatic heterocycles. The Morgan fingerprint density at radius 1 is 1.24 bits per heavy atom. The van der Waals surface area contributed by atoms with Gasteiger partial charge in [0.15, 0.2) is 5.65 Å². The standard InChI is InChI=1S/C20H19F3N4O2/c1-11(2)27-18-16(10-24-27)15(9-17(26-18)12-3-4-12)19(28)25-13-5-7-14(8-6-13)29-20(21,22)23/h5-12H,3-4H2,1-2H3,(H,25,28). The van der Waals surface area contributed by atoms with Crippen molar-refractivity contribution in [1.29, 1.82) is 0 Å². The molecule has 3 aromatic rings. The molecule has 6 nitrogen and oxygen atoms in total. The maximum absolute atomic E-state index is 12.9. The summed E-state index contributed by atoms with van der Waals surface area (Å²) >= 11 is 0. The number of nitrogens with zero attached hydrogens (tertiary/aromatic N) is 3. The van der Waals surface area contributed by atoms with Crippen LogP contribution in [0.3, 0.4) is 0 Å². The number of carbonyl (C=O) groups excluding carboxylic acids is 1. The van der Waals surface area contributed by atoms with Gasteiger partial charge in [0.1, 0.15) is 5.75 Å². The summed E-state index contributed by atoms with van der Waals surface area (Å²) < 4.78 is 42.5. The third kappa shape index (κ3) is 4.18. The maximum atomic E-state index is 12.9. The zero-order valence-corrected chi connectivity index (χ0v) is 15.8. The monoisotopic (exact) mass is 404 g/mol. The Kier molecular flexibility index (Phi) is 4.68. The predicted octanol–water partition coefficient (Wildman–Crippen LogP) is 5.04. The van der Waals surface area contributed by atoms with Crippen molar-refractivity contribution >= 4 is 22.6 Å². The molecule has 0 radical (unpaired) electrons. The van der Waals surface area contributed by atoms with Gasteiger partial charge in [-0.2, -0.15) is 5.10 Å². The van der Waals surface area contributed by atoms with E-state index in [2.05, 4.69) is 15.2 Å². The molecule has 29 heavy (non-hydrogen) atoms. The summed E-state index contributed by atoms with van der Waals surface area (Å²) in [6.07, 6.45) is -1.07. The minimum atomic E-state index is -4.76. The number of aromatic nitrogens is 3. The van der Waals surface area contributed by atoms with Crippen LogP contribution in [0.2, 0.25) is 0 Å². The number of benzene rings is 1. The van der Waals surface area contributed by atoms with Gasteiger partial charge in [-0.15, -0.1) is 13.2 Å². The van der Waals surface area contributed by atoms with Crippen LogP contribution < -0.4 is 10.1 Å². The molecule has 2 aromatic heterocycles. The SMILES string of the molecule is CC(C)n1ncc2c(C(=O)Nc3ccc(OC(F)(F)F)cc3)cc(C3CC3)nc21. The highest BCUT2D eigenvalue weighted by molar-refractivity contribution is 6.12. The second-order valence-electron chi connectivity index (χ2n) is 7.32. The molecule has 1 amide bonds. The highest BCUT2D eigenvalue weighted by atomic mass is 19.4. The zero-order valence-electron chi connectivity index (χ0n) is 15.8. The lowest BCUT2D eigenvalue weighted by Crippen LogP contribution is -2.17. The number of hydrogen-bond acceptors (Lipinski definition) is 4. The maximum Gasteiger partial charge on any atom is 0.573 e. The van der Waals surface area contributed by atoms with Crippen molar-refractivity contribution in [2.24, 2.45) is 0 Å². The fourth-order valence-electron chi connectivity index (χ4n) is 3.13. The fraction of sp³-hybridized carbons (Fsp3) is 0.350. The first kappa shape index (κ1) is 19.2. The molecule has 0 atom stereocenters. The second-order valence-corrected chi connectivity index (χ2v) is 7.32. The molecule has 1 saturated carbocycles. The first-order chi connectivity index (χ1) is 13.7. The third-order valence-corrected chi connectivity index (χ3v) is 4.66. The number of pyridine rings is 1. The first-order valence-corrected chi connectivity index (χ1v) is 9.26. The Labute approximate surface area is 164 Å². The number of carbonyl (C=O) groups is 1. The lowest BCUT2D eigenvalue weighted by atomic mass is 10.1. The summed E-state index contributed by atoms with van der Waals surface area (Å²) in [5, 5.41) is 7.72. The van der Waals surface area contributed by atoms with E-state index in [4.69, 9.17) is 4.98 Å². The van der Waals surface area contributed by atoms with E-state index in [1.54, 1.807) is 16.9 Å². The van der Waals surface area contributed by atoms with Crippen LogP contribution in [-0.4, -0.2) is 27.0 Å². The van der Waals surface area contributed by atoms with Gasteiger partial charge >= 0.3 is 6.36 Å². The quantitative estimate of drug-likeness (QED) is 0.647. The van der Waals surface area contributed by atoms with Gasteiger partial charge < -0.3 is 10.1 Å². The highest BCUT2D eigenvalue weighted by Crippen LogP contribution is 2.40. The molecular formula is C20H19F3N4O2. The van der Waals surface area contributed by atoms with Crippen LogP contribution in [0.25, 0.3) is 11.0 Å². The Morgan fingerprint density at radius 2 is 1.93 bits per heavy atom. The van der Waals surface area contributed by atoms with Crippen molar-refractivity contribution in [2.45, 2.75) is 45.0 Å². The van der Waals surface area contributed by atoms with Crippen LogP contribution in [-0.2, 0) is 0 Å². The van der Waals surface area contributed by atoms with Crippen molar-refractivity contribution in [3.63, 3.8) is 0 Å². The molecule has 0 spiro atoms. The Bertz CT molecular complexity index is 1050. The number of hydrogen-bond donors (Lipinski definition) is 1. The number of ether oxygens (including phenoxy) is 1. The Balaban J connectivity index is 1.63. The number of amides is 1. The fourth-order valence-corrected chi connectivity index (χ4v) is 3.13. The highest BCUT2D eigenvalue weighted by Gasteiger charge is 2.31. The zero-order chi connectivity index (χ0) is 20.8. The third-order valence-electron chi connectivity index (χ3n) is 4.66. The molecule has 1 fully saturated rings. The van der Waals surface area contributed by atoms with Gasteiger partial charge in [-0.25, -0.2) is 9.67 Å². The molecule has 0 unspecified atom stereocenters. The topological polar surface area (TPSA) is 69.0 Å². The number of alkyl halides is 3. The summed E-state index contributed by atoms with van der Waals surface area (Å²) in [6, 6.07) is 6.89. The molecule has 0 bridgehead atoms. The van der Waals surface area contributed by atoms with Crippen LogP contribution in [0.4, 0.5) is 18.9 Å². The molecule has 1 N–H and O–H groups in total. The van der Waals surface area contributed by atoms with E-state index >= 15 is 0 Å². The van der Waals surface area contributed by atoms with E-state index in [0.717, 1.165) is 30.7 Å². The lowest BCUT2D eigenvalue weighted by Gasteiger charge is -2.12. The number of halogens is 3. The van der Waals surface area contributed by atoms with Crippen molar-refractivity contribution < 1.29 is 22.7 Å². The molecule has 1 aliphatic carbocycles. The van der Waals surface area contributed by atoms with E-state index < -0.39 is 6.36 Å². The summed E-state index contributed by atoms with van der Waals surface area (Å²) in [4.78, 5) is 17.6. The minimum absolute atomic E-state index is 0.0894. The average Bonchev–Trinajstić information content (AvgIpc) is 3.40. The van der Waals surface area contributed by atoms with Crippen LogP contribution in [0.1, 0.15) is 54.7 Å². The second kappa shape index (κ2) is 7.06. The smallest absolute Gasteiger partial charge is 0.406 e. The van der Waals surface area contributed by atoms with E-state index in [9.17, 15) is 18.0 Å². The molecule has 1 aromatic carbocycles. The van der Waals surface area contributed by atoms with Gasteiger partial charge in [0.05, 0.1) is 17.1 Å². The molecule has 152 valence electrons. The van der Waals surface area contributed by atoms with Gasteiger partial charge in [0.2, 0.25) is 0 Å². The van der Waals surface area contributed by atoms with E-state index in [0.29, 0.717) is 28.2 Å². The Morgan fingerprint density at radius 3 is 2.52 bits per heavy atom. The van der Waals surface area contributed by atoms with Gasteiger partial charge in [-0.05, 0) is 57.0 Å². The van der Waals surface area contributed by atoms with Gasteiger partial charge in [0, 0.05) is 23.3 Å². The summed E-state index contributed by atoms with van der Waals surface area (Å²) in [5.74, 6) is -0.372. The summed E-state index contributed by atoms with van der Waals surface area (Å²) in [7, 11) is 0. The molecule has 0 saturated heterocycles. The largest absolute Gasteiger partial charge is 0.573 e. The van der Waals surface area contributed by atoms with Crippen molar-refractivity contribution in [3.8, 4) is 5.75 Å². The van der Waals surface area contributed by atoms with Gasteiger partial charge in [-0.1, -0.05) is 0 Å². The number of nitrogens with one attached hydrogen (secondary N) is 1. The van der Waals surface area contributed by atoms with Crippen molar-refractivity contribution in [2.75, 3.05) is 5.32 Å². The number of rotatable bonds is 5.